The van der Waals surface area contributed by atoms with E-state index in [0.29, 0.717) is 0 Å². The van der Waals surface area contributed by atoms with Crippen LogP contribution in [0.2, 0.25) is 4.34 Å². The maximum Gasteiger partial charge on any atom is 0.0931 e. The summed E-state index contributed by atoms with van der Waals surface area (Å²) in [5.41, 5.74) is 0. The van der Waals surface area contributed by atoms with Gasteiger partial charge in [-0.05, 0) is 50.4 Å². The lowest BCUT2D eigenvalue weighted by Crippen LogP contribution is -2.19. The average molecular weight is 216 g/mol. The van der Waals surface area contributed by atoms with Crippen LogP contribution in [0.5, 0.6) is 0 Å². The van der Waals surface area contributed by atoms with Crippen molar-refractivity contribution in [2.24, 2.45) is 5.92 Å². The van der Waals surface area contributed by atoms with Crippen LogP contribution in [0.25, 0.3) is 0 Å². The highest BCUT2D eigenvalue weighted by Crippen LogP contribution is 2.27. The molecule has 1 aliphatic rings. The molecule has 0 bridgehead atoms. The van der Waals surface area contributed by atoms with Crippen molar-refractivity contribution < 1.29 is 0 Å². The average Bonchev–Trinajstić information content (AvgIpc) is 2.84. The first-order chi connectivity index (χ1) is 6.34. The van der Waals surface area contributed by atoms with E-state index >= 15 is 0 Å². The Labute approximate surface area is 88.1 Å². The zero-order valence-corrected chi connectivity index (χ0v) is 9.13. The molecule has 2 rings (SSSR count). The summed E-state index contributed by atoms with van der Waals surface area (Å²) in [5.74, 6) is 0.979. The topological polar surface area (TPSA) is 12.0 Å². The molecular weight excluding hydrogens is 202 g/mol. The Balaban J connectivity index is 1.61. The summed E-state index contributed by atoms with van der Waals surface area (Å²) in [4.78, 5) is 1.38. The van der Waals surface area contributed by atoms with Crippen molar-refractivity contribution >= 4 is 22.9 Å². The van der Waals surface area contributed by atoms with Gasteiger partial charge in [0.2, 0.25) is 0 Å². The Kier molecular flexibility index (Phi) is 3.25. The van der Waals surface area contributed by atoms with Crippen molar-refractivity contribution in [2.45, 2.75) is 19.3 Å². The molecule has 0 unspecified atom stereocenters. The first-order valence-electron chi connectivity index (χ1n) is 4.79. The van der Waals surface area contributed by atoms with Crippen LogP contribution in [-0.4, -0.2) is 13.1 Å². The molecule has 1 nitrogen and oxygen atoms in total. The number of hydrogen-bond acceptors (Lipinski definition) is 2. The first kappa shape index (κ1) is 9.50. The first-order valence-corrected chi connectivity index (χ1v) is 5.99. The maximum atomic E-state index is 5.83. The molecule has 72 valence electrons. The fourth-order valence-electron chi connectivity index (χ4n) is 1.33. The SMILES string of the molecule is Clc1ccc(CCNCC2CC2)s1. The van der Waals surface area contributed by atoms with E-state index in [1.807, 2.05) is 6.07 Å². The van der Waals surface area contributed by atoms with E-state index in [4.69, 9.17) is 11.6 Å². The summed E-state index contributed by atoms with van der Waals surface area (Å²) in [6, 6.07) is 4.09. The monoisotopic (exact) mass is 215 g/mol. The van der Waals surface area contributed by atoms with Crippen molar-refractivity contribution in [1.82, 2.24) is 5.32 Å². The minimum absolute atomic E-state index is 0.900. The smallest absolute Gasteiger partial charge is 0.0931 e. The van der Waals surface area contributed by atoms with Crippen LogP contribution in [0.15, 0.2) is 12.1 Å². The molecule has 1 saturated carbocycles. The van der Waals surface area contributed by atoms with E-state index in [-0.39, 0.29) is 0 Å². The standard InChI is InChI=1S/C10H14ClNS/c11-10-4-3-9(13-10)5-6-12-7-8-1-2-8/h3-4,8,12H,1-2,5-7H2. The van der Waals surface area contributed by atoms with Gasteiger partial charge in [0.05, 0.1) is 4.34 Å². The van der Waals surface area contributed by atoms with Crippen LogP contribution in [0, 0.1) is 5.92 Å². The van der Waals surface area contributed by atoms with Crippen LogP contribution in [0.4, 0.5) is 0 Å². The number of nitrogens with one attached hydrogen (secondary N) is 1. The summed E-state index contributed by atoms with van der Waals surface area (Å²) in [6.45, 7) is 2.30. The molecule has 0 radical (unpaired) electrons. The lowest BCUT2D eigenvalue weighted by Gasteiger charge is -2.00. The highest BCUT2D eigenvalue weighted by Gasteiger charge is 2.19. The Morgan fingerprint density at radius 2 is 2.31 bits per heavy atom. The van der Waals surface area contributed by atoms with Crippen molar-refractivity contribution in [1.29, 1.82) is 0 Å². The lowest BCUT2D eigenvalue weighted by atomic mass is 10.3. The van der Waals surface area contributed by atoms with Crippen molar-refractivity contribution in [2.75, 3.05) is 13.1 Å². The zero-order chi connectivity index (χ0) is 9.10. The molecule has 1 aromatic heterocycles. The zero-order valence-electron chi connectivity index (χ0n) is 7.55. The fraction of sp³-hybridized carbons (Fsp3) is 0.600. The third-order valence-corrected chi connectivity index (χ3v) is 3.60. The van der Waals surface area contributed by atoms with E-state index in [9.17, 15) is 0 Å². The number of thiophene rings is 1. The molecule has 0 amide bonds. The van der Waals surface area contributed by atoms with Gasteiger partial charge in [-0.1, -0.05) is 11.6 Å². The Morgan fingerprint density at radius 1 is 1.46 bits per heavy atom. The largest absolute Gasteiger partial charge is 0.316 e. The number of rotatable bonds is 5. The minimum atomic E-state index is 0.900. The Morgan fingerprint density at radius 3 is 2.92 bits per heavy atom. The van der Waals surface area contributed by atoms with E-state index < -0.39 is 0 Å². The molecule has 3 heteroatoms. The quantitative estimate of drug-likeness (QED) is 0.745. The second-order valence-corrected chi connectivity index (χ2v) is 5.40. The second-order valence-electron chi connectivity index (χ2n) is 3.60. The van der Waals surface area contributed by atoms with Crippen LogP contribution in [-0.2, 0) is 6.42 Å². The molecule has 0 saturated heterocycles. The van der Waals surface area contributed by atoms with E-state index in [2.05, 4.69) is 11.4 Å². The van der Waals surface area contributed by atoms with E-state index in [1.54, 1.807) is 11.3 Å². The predicted molar refractivity (Wildman–Crippen MR) is 58.6 cm³/mol. The summed E-state index contributed by atoms with van der Waals surface area (Å²) in [5, 5.41) is 3.47. The van der Waals surface area contributed by atoms with Gasteiger partial charge in [0.25, 0.3) is 0 Å². The predicted octanol–water partition coefficient (Wildman–Crippen LogP) is 2.94. The van der Waals surface area contributed by atoms with Crippen molar-refractivity contribution in [3.63, 3.8) is 0 Å². The molecule has 1 aliphatic carbocycles. The summed E-state index contributed by atoms with van der Waals surface area (Å²) in [7, 11) is 0. The molecule has 0 aromatic carbocycles. The highest BCUT2D eigenvalue weighted by atomic mass is 35.5. The van der Waals surface area contributed by atoms with Gasteiger partial charge in [-0.15, -0.1) is 11.3 Å². The van der Waals surface area contributed by atoms with Gasteiger partial charge in [0.1, 0.15) is 0 Å². The maximum absolute atomic E-state index is 5.83. The summed E-state index contributed by atoms with van der Waals surface area (Å²) >= 11 is 7.52. The van der Waals surface area contributed by atoms with Gasteiger partial charge >= 0.3 is 0 Å². The molecule has 0 spiro atoms. The van der Waals surface area contributed by atoms with Gasteiger partial charge in [-0.25, -0.2) is 0 Å². The molecule has 1 heterocycles. The number of hydrogen-bond donors (Lipinski definition) is 1. The van der Waals surface area contributed by atoms with Crippen molar-refractivity contribution in [3.8, 4) is 0 Å². The third-order valence-electron chi connectivity index (χ3n) is 2.31. The van der Waals surface area contributed by atoms with Gasteiger partial charge in [0.15, 0.2) is 0 Å². The lowest BCUT2D eigenvalue weighted by molar-refractivity contribution is 0.639. The molecular formula is C10H14ClNS. The van der Waals surface area contributed by atoms with E-state index in [1.165, 1.54) is 24.3 Å². The third kappa shape index (κ3) is 3.29. The molecule has 1 aromatic rings. The molecule has 13 heavy (non-hydrogen) atoms. The van der Waals surface area contributed by atoms with E-state index in [0.717, 1.165) is 23.2 Å². The normalized spacial score (nSPS) is 16.4. The second kappa shape index (κ2) is 4.45. The van der Waals surface area contributed by atoms with Gasteiger partial charge < -0.3 is 5.32 Å². The van der Waals surface area contributed by atoms with Crippen LogP contribution < -0.4 is 5.32 Å². The van der Waals surface area contributed by atoms with Gasteiger partial charge in [-0.3, -0.25) is 0 Å². The Bertz CT molecular complexity index is 268. The molecule has 1 fully saturated rings. The summed E-state index contributed by atoms with van der Waals surface area (Å²) in [6.07, 6.45) is 3.97. The van der Waals surface area contributed by atoms with Gasteiger partial charge in [-0.2, -0.15) is 0 Å². The molecule has 1 N–H and O–H groups in total. The highest BCUT2D eigenvalue weighted by molar-refractivity contribution is 7.16. The molecule has 0 aliphatic heterocycles. The number of halogens is 1. The minimum Gasteiger partial charge on any atom is -0.316 e. The molecule has 0 atom stereocenters. The Hall–Kier alpha value is -0.0500. The van der Waals surface area contributed by atoms with Crippen LogP contribution >= 0.6 is 22.9 Å². The summed E-state index contributed by atoms with van der Waals surface area (Å²) < 4.78 is 0.900. The fourth-order valence-corrected chi connectivity index (χ4v) is 2.41. The van der Waals surface area contributed by atoms with Crippen LogP contribution in [0.3, 0.4) is 0 Å². The van der Waals surface area contributed by atoms with Gasteiger partial charge in [0, 0.05) is 4.88 Å². The van der Waals surface area contributed by atoms with Crippen molar-refractivity contribution in [3.05, 3.63) is 21.3 Å². The van der Waals surface area contributed by atoms with Crippen LogP contribution in [0.1, 0.15) is 17.7 Å².